The van der Waals surface area contributed by atoms with E-state index >= 15 is 0 Å². The number of rotatable bonds is 7. The molecule has 2 amide bonds. The van der Waals surface area contributed by atoms with Crippen molar-refractivity contribution < 1.29 is 14.3 Å². The van der Waals surface area contributed by atoms with Crippen LogP contribution in [-0.2, 0) is 17.6 Å². The minimum atomic E-state index is -0.204. The number of carbonyl (C=O) groups excluding carboxylic acids is 2. The summed E-state index contributed by atoms with van der Waals surface area (Å²) in [6.45, 7) is 5.40. The number of ether oxygens (including phenoxy) is 1. The monoisotopic (exact) mass is 380 g/mol. The maximum atomic E-state index is 12.8. The van der Waals surface area contributed by atoms with Crippen molar-refractivity contribution in [1.29, 1.82) is 0 Å². The second-order valence-corrected chi connectivity index (χ2v) is 7.04. The van der Waals surface area contributed by atoms with Gasteiger partial charge in [-0.1, -0.05) is 38.1 Å². The zero-order chi connectivity index (χ0) is 19.9. The highest BCUT2D eigenvalue weighted by Gasteiger charge is 2.18. The number of aryl methyl sites for hydroxylation is 2. The van der Waals surface area contributed by atoms with Gasteiger partial charge < -0.3 is 15.4 Å². The summed E-state index contributed by atoms with van der Waals surface area (Å²) < 4.78 is 5.53. The van der Waals surface area contributed by atoms with E-state index in [-0.39, 0.29) is 17.9 Å². The molecule has 0 radical (unpaired) electrons. The Morgan fingerprint density at radius 3 is 2.25 bits per heavy atom. The summed E-state index contributed by atoms with van der Waals surface area (Å²) in [6.07, 6.45) is 3.78. The summed E-state index contributed by atoms with van der Waals surface area (Å²) in [5, 5.41) is 5.95. The van der Waals surface area contributed by atoms with Crippen LogP contribution in [0.5, 0.6) is 0 Å². The number of para-hydroxylation sites is 1. The fraction of sp³-hybridized carbons (Fsp3) is 0.391. The predicted octanol–water partition coefficient (Wildman–Crippen LogP) is 3.97. The third kappa shape index (κ3) is 4.78. The molecule has 1 aliphatic rings. The first kappa shape index (κ1) is 20.1. The molecular weight excluding hydrogens is 352 g/mol. The predicted molar refractivity (Wildman–Crippen MR) is 111 cm³/mol. The van der Waals surface area contributed by atoms with E-state index in [2.05, 4.69) is 24.5 Å². The van der Waals surface area contributed by atoms with E-state index in [1.165, 1.54) is 0 Å². The minimum Gasteiger partial charge on any atom is -0.376 e. The van der Waals surface area contributed by atoms with Crippen LogP contribution in [0.1, 0.15) is 58.5 Å². The third-order valence-electron chi connectivity index (χ3n) is 5.14. The molecule has 5 heteroatoms. The van der Waals surface area contributed by atoms with E-state index in [0.29, 0.717) is 17.7 Å². The molecule has 2 N–H and O–H groups in total. The fourth-order valence-corrected chi connectivity index (χ4v) is 3.50. The van der Waals surface area contributed by atoms with Gasteiger partial charge in [-0.25, -0.2) is 0 Å². The SMILES string of the molecule is CCc1cccc(CC)c1NC(=O)c1cccc(C(=O)NCC2CCCO2)c1. The average Bonchev–Trinajstić information content (AvgIpc) is 3.25. The molecule has 0 saturated carbocycles. The van der Waals surface area contributed by atoms with Gasteiger partial charge in [-0.3, -0.25) is 9.59 Å². The lowest BCUT2D eigenvalue weighted by atomic mass is 10.0. The molecule has 1 atom stereocenters. The van der Waals surface area contributed by atoms with E-state index in [1.54, 1.807) is 24.3 Å². The molecule has 148 valence electrons. The molecule has 1 saturated heterocycles. The molecule has 1 heterocycles. The van der Waals surface area contributed by atoms with Crippen LogP contribution in [0.15, 0.2) is 42.5 Å². The summed E-state index contributed by atoms with van der Waals surface area (Å²) in [5.74, 6) is -0.391. The maximum absolute atomic E-state index is 12.8. The molecule has 2 aromatic rings. The Balaban J connectivity index is 1.71. The summed E-state index contributed by atoms with van der Waals surface area (Å²) in [6, 6.07) is 12.9. The Kier molecular flexibility index (Phi) is 6.82. The molecule has 3 rings (SSSR count). The Labute approximate surface area is 166 Å². The smallest absolute Gasteiger partial charge is 0.255 e. The average molecular weight is 380 g/mol. The van der Waals surface area contributed by atoms with Gasteiger partial charge >= 0.3 is 0 Å². The molecule has 2 aromatic carbocycles. The molecule has 5 nitrogen and oxygen atoms in total. The van der Waals surface area contributed by atoms with Crippen LogP contribution in [0.3, 0.4) is 0 Å². The fourth-order valence-electron chi connectivity index (χ4n) is 3.50. The molecule has 1 fully saturated rings. The largest absolute Gasteiger partial charge is 0.376 e. The van der Waals surface area contributed by atoms with E-state index in [4.69, 9.17) is 4.74 Å². The van der Waals surface area contributed by atoms with Crippen molar-refractivity contribution in [2.75, 3.05) is 18.5 Å². The Bertz CT molecular complexity index is 819. The Morgan fingerprint density at radius 1 is 1.00 bits per heavy atom. The number of hydrogen-bond acceptors (Lipinski definition) is 3. The Hall–Kier alpha value is -2.66. The van der Waals surface area contributed by atoms with Crippen molar-refractivity contribution in [1.82, 2.24) is 5.32 Å². The summed E-state index contributed by atoms with van der Waals surface area (Å²) in [7, 11) is 0. The van der Waals surface area contributed by atoms with Gasteiger partial charge in [0.25, 0.3) is 11.8 Å². The van der Waals surface area contributed by atoms with Crippen LogP contribution in [0, 0.1) is 0 Å². The van der Waals surface area contributed by atoms with Gasteiger partial charge in [0.2, 0.25) is 0 Å². The standard InChI is InChI=1S/C23H28N2O3/c1-3-16-8-5-9-17(4-2)21(16)25-23(27)19-11-6-10-18(14-19)22(26)24-15-20-12-7-13-28-20/h5-6,8-11,14,20H,3-4,7,12-13,15H2,1-2H3,(H,24,26)(H,25,27). The van der Waals surface area contributed by atoms with Crippen LogP contribution >= 0.6 is 0 Å². The maximum Gasteiger partial charge on any atom is 0.255 e. The van der Waals surface area contributed by atoms with Crippen LogP contribution in [0.4, 0.5) is 5.69 Å². The normalized spacial score (nSPS) is 16.0. The van der Waals surface area contributed by atoms with E-state index in [1.807, 2.05) is 18.2 Å². The number of carbonyl (C=O) groups is 2. The molecule has 0 aliphatic carbocycles. The van der Waals surface area contributed by atoms with E-state index in [0.717, 1.165) is 49.1 Å². The van der Waals surface area contributed by atoms with Crippen molar-refractivity contribution in [2.24, 2.45) is 0 Å². The summed E-state index contributed by atoms with van der Waals surface area (Å²) in [4.78, 5) is 25.3. The lowest BCUT2D eigenvalue weighted by Crippen LogP contribution is -2.31. The highest BCUT2D eigenvalue weighted by Crippen LogP contribution is 2.23. The van der Waals surface area contributed by atoms with Gasteiger partial charge in [0.05, 0.1) is 6.10 Å². The molecule has 0 aromatic heterocycles. The molecule has 1 aliphatic heterocycles. The van der Waals surface area contributed by atoms with Gasteiger partial charge in [-0.2, -0.15) is 0 Å². The number of nitrogens with one attached hydrogen (secondary N) is 2. The van der Waals surface area contributed by atoms with E-state index in [9.17, 15) is 9.59 Å². The van der Waals surface area contributed by atoms with Gasteiger partial charge in [0.1, 0.15) is 0 Å². The zero-order valence-electron chi connectivity index (χ0n) is 16.6. The van der Waals surface area contributed by atoms with Crippen LogP contribution < -0.4 is 10.6 Å². The highest BCUT2D eigenvalue weighted by atomic mass is 16.5. The molecule has 0 spiro atoms. The number of anilines is 1. The van der Waals surface area contributed by atoms with Gasteiger partial charge in [-0.05, 0) is 55.0 Å². The lowest BCUT2D eigenvalue weighted by molar-refractivity contribution is 0.0858. The van der Waals surface area contributed by atoms with Crippen molar-refractivity contribution in [3.63, 3.8) is 0 Å². The second-order valence-electron chi connectivity index (χ2n) is 7.04. The second kappa shape index (κ2) is 9.51. The van der Waals surface area contributed by atoms with Crippen molar-refractivity contribution in [3.05, 3.63) is 64.7 Å². The lowest BCUT2D eigenvalue weighted by Gasteiger charge is -2.15. The number of benzene rings is 2. The molecule has 28 heavy (non-hydrogen) atoms. The van der Waals surface area contributed by atoms with Crippen molar-refractivity contribution in [2.45, 2.75) is 45.6 Å². The van der Waals surface area contributed by atoms with Gasteiger partial charge in [-0.15, -0.1) is 0 Å². The topological polar surface area (TPSA) is 67.4 Å². The third-order valence-corrected chi connectivity index (χ3v) is 5.14. The molecular formula is C23H28N2O3. The van der Waals surface area contributed by atoms with Crippen molar-refractivity contribution in [3.8, 4) is 0 Å². The highest BCUT2D eigenvalue weighted by molar-refractivity contribution is 6.06. The summed E-state index contributed by atoms with van der Waals surface area (Å²) >= 11 is 0. The zero-order valence-corrected chi connectivity index (χ0v) is 16.6. The van der Waals surface area contributed by atoms with Gasteiger partial charge in [0.15, 0.2) is 0 Å². The van der Waals surface area contributed by atoms with Gasteiger partial charge in [0, 0.05) is 30.0 Å². The van der Waals surface area contributed by atoms with Crippen molar-refractivity contribution >= 4 is 17.5 Å². The molecule has 1 unspecified atom stereocenters. The Morgan fingerprint density at radius 2 is 1.64 bits per heavy atom. The first-order valence-corrected chi connectivity index (χ1v) is 10.0. The van der Waals surface area contributed by atoms with Crippen LogP contribution in [0.25, 0.3) is 0 Å². The first-order valence-electron chi connectivity index (χ1n) is 10.0. The summed E-state index contributed by atoms with van der Waals surface area (Å²) in [5.41, 5.74) is 4.05. The number of hydrogen-bond donors (Lipinski definition) is 2. The molecule has 0 bridgehead atoms. The first-order chi connectivity index (χ1) is 13.6. The van der Waals surface area contributed by atoms with E-state index < -0.39 is 0 Å². The quantitative estimate of drug-likeness (QED) is 0.764. The van der Waals surface area contributed by atoms with Crippen LogP contribution in [0.2, 0.25) is 0 Å². The minimum absolute atomic E-state index is 0.0911. The van der Waals surface area contributed by atoms with Crippen LogP contribution in [-0.4, -0.2) is 31.1 Å². The number of amides is 2.